The van der Waals surface area contributed by atoms with Crippen molar-refractivity contribution in [2.45, 2.75) is 32.4 Å². The van der Waals surface area contributed by atoms with E-state index in [9.17, 15) is 8.78 Å². The second-order valence-corrected chi connectivity index (χ2v) is 2.66. The van der Waals surface area contributed by atoms with Crippen LogP contribution in [0.1, 0.15) is 13.8 Å². The van der Waals surface area contributed by atoms with Crippen LogP contribution in [0.2, 0.25) is 0 Å². The van der Waals surface area contributed by atoms with Crippen LogP contribution in [-0.2, 0) is 14.2 Å². The first-order valence-corrected chi connectivity index (χ1v) is 3.80. The highest BCUT2D eigenvalue weighted by Gasteiger charge is 2.42. The predicted octanol–water partition coefficient (Wildman–Crippen LogP) is 1.38. The van der Waals surface area contributed by atoms with Crippen molar-refractivity contribution in [2.75, 3.05) is 13.2 Å². The fourth-order valence-electron chi connectivity index (χ4n) is 0.868. The molecule has 0 N–H and O–H groups in total. The van der Waals surface area contributed by atoms with Gasteiger partial charge in [-0.1, -0.05) is 0 Å². The number of hydrogen-bond acceptors (Lipinski definition) is 3. The van der Waals surface area contributed by atoms with E-state index in [4.69, 9.17) is 14.2 Å². The molecule has 0 amide bonds. The summed E-state index contributed by atoms with van der Waals surface area (Å²) in [5.74, 6) is -2.87. The van der Waals surface area contributed by atoms with Crippen molar-refractivity contribution in [1.82, 2.24) is 0 Å². The van der Waals surface area contributed by atoms with Gasteiger partial charge in [0, 0.05) is 13.5 Å². The molecule has 0 bridgehead atoms. The molecule has 1 heterocycles. The van der Waals surface area contributed by atoms with Crippen LogP contribution in [0.3, 0.4) is 0 Å². The molecule has 1 saturated heterocycles. The van der Waals surface area contributed by atoms with Crippen molar-refractivity contribution in [3.05, 3.63) is 0 Å². The molecule has 5 heteroatoms. The van der Waals surface area contributed by atoms with Gasteiger partial charge >= 0.3 is 0 Å². The number of halogens is 2. The molecule has 1 aliphatic rings. The standard InChI is InChI=1S/C7H12F2O3/c1-3-10-6-11-4-5(12-6)7(2,8)9/h5-6H,3-4H2,1-2H3. The van der Waals surface area contributed by atoms with Gasteiger partial charge in [-0.25, -0.2) is 8.78 Å². The maximum atomic E-state index is 12.6. The third-order valence-corrected chi connectivity index (χ3v) is 1.53. The van der Waals surface area contributed by atoms with E-state index in [1.54, 1.807) is 6.92 Å². The van der Waals surface area contributed by atoms with Crippen LogP contribution >= 0.6 is 0 Å². The van der Waals surface area contributed by atoms with E-state index >= 15 is 0 Å². The molecule has 0 aromatic rings. The highest BCUT2D eigenvalue weighted by atomic mass is 19.3. The van der Waals surface area contributed by atoms with Crippen molar-refractivity contribution in [3.8, 4) is 0 Å². The Morgan fingerprint density at radius 1 is 1.58 bits per heavy atom. The third-order valence-electron chi connectivity index (χ3n) is 1.53. The van der Waals surface area contributed by atoms with Gasteiger partial charge in [-0.15, -0.1) is 0 Å². The van der Waals surface area contributed by atoms with Crippen LogP contribution in [-0.4, -0.2) is 31.7 Å². The van der Waals surface area contributed by atoms with E-state index < -0.39 is 18.5 Å². The summed E-state index contributed by atoms with van der Waals surface area (Å²) in [5, 5.41) is 0. The Morgan fingerprint density at radius 3 is 2.67 bits per heavy atom. The van der Waals surface area contributed by atoms with Gasteiger partial charge in [-0.2, -0.15) is 0 Å². The highest BCUT2D eigenvalue weighted by molar-refractivity contribution is 4.75. The van der Waals surface area contributed by atoms with Gasteiger partial charge in [0.25, 0.3) is 12.4 Å². The number of ether oxygens (including phenoxy) is 3. The molecule has 0 saturated carbocycles. The zero-order valence-corrected chi connectivity index (χ0v) is 7.05. The molecule has 1 fully saturated rings. The van der Waals surface area contributed by atoms with E-state index in [0.717, 1.165) is 6.92 Å². The number of alkyl halides is 2. The van der Waals surface area contributed by atoms with Gasteiger partial charge < -0.3 is 14.2 Å². The number of rotatable bonds is 3. The quantitative estimate of drug-likeness (QED) is 0.659. The van der Waals surface area contributed by atoms with Crippen LogP contribution in [0.4, 0.5) is 8.78 Å². The molecule has 2 atom stereocenters. The molecule has 0 aromatic heterocycles. The second kappa shape index (κ2) is 3.64. The summed E-state index contributed by atoms with van der Waals surface area (Å²) in [6.07, 6.45) is -1.19. The zero-order valence-electron chi connectivity index (χ0n) is 7.05. The lowest BCUT2D eigenvalue weighted by atomic mass is 10.2. The zero-order chi connectivity index (χ0) is 9.19. The van der Waals surface area contributed by atoms with Crippen LogP contribution in [0, 0.1) is 0 Å². The summed E-state index contributed by atoms with van der Waals surface area (Å²) < 4.78 is 39.6. The molecule has 1 aliphatic heterocycles. The average Bonchev–Trinajstić information content (AvgIpc) is 2.35. The second-order valence-electron chi connectivity index (χ2n) is 2.66. The Balaban J connectivity index is 2.35. The van der Waals surface area contributed by atoms with Crippen molar-refractivity contribution in [1.29, 1.82) is 0 Å². The maximum Gasteiger partial charge on any atom is 0.273 e. The minimum Gasteiger partial charge on any atom is -0.330 e. The van der Waals surface area contributed by atoms with E-state index in [-0.39, 0.29) is 6.61 Å². The normalized spacial score (nSPS) is 31.0. The molecule has 1 rings (SSSR count). The van der Waals surface area contributed by atoms with Crippen LogP contribution in [0.5, 0.6) is 0 Å². The first-order valence-electron chi connectivity index (χ1n) is 3.80. The largest absolute Gasteiger partial charge is 0.330 e. The summed E-state index contributed by atoms with van der Waals surface area (Å²) >= 11 is 0. The highest BCUT2D eigenvalue weighted by Crippen LogP contribution is 2.26. The van der Waals surface area contributed by atoms with Crippen LogP contribution in [0.15, 0.2) is 0 Å². The van der Waals surface area contributed by atoms with Gasteiger partial charge in [-0.3, -0.25) is 0 Å². The lowest BCUT2D eigenvalue weighted by Crippen LogP contribution is -2.32. The van der Waals surface area contributed by atoms with Crippen LogP contribution in [0.25, 0.3) is 0 Å². The Labute approximate surface area is 69.6 Å². The van der Waals surface area contributed by atoms with Gasteiger partial charge in [0.15, 0.2) is 0 Å². The molecule has 12 heavy (non-hydrogen) atoms. The van der Waals surface area contributed by atoms with Gasteiger partial charge in [-0.05, 0) is 6.92 Å². The fraction of sp³-hybridized carbons (Fsp3) is 1.00. The molecular weight excluding hydrogens is 170 g/mol. The molecule has 2 unspecified atom stereocenters. The van der Waals surface area contributed by atoms with Crippen molar-refractivity contribution >= 4 is 0 Å². The summed E-state index contributed by atoms with van der Waals surface area (Å²) in [6, 6.07) is 0. The first-order chi connectivity index (χ1) is 5.54. The van der Waals surface area contributed by atoms with E-state index in [2.05, 4.69) is 0 Å². The third kappa shape index (κ3) is 2.36. The fourth-order valence-corrected chi connectivity index (χ4v) is 0.868. The average molecular weight is 182 g/mol. The van der Waals surface area contributed by atoms with Crippen molar-refractivity contribution in [3.63, 3.8) is 0 Å². The molecule has 3 nitrogen and oxygen atoms in total. The summed E-state index contributed by atoms with van der Waals surface area (Å²) in [6.45, 7) is 1.88. The van der Waals surface area contributed by atoms with E-state index in [0.29, 0.717) is 6.61 Å². The Hall–Kier alpha value is -0.260. The summed E-state index contributed by atoms with van der Waals surface area (Å²) in [7, 11) is 0. The Morgan fingerprint density at radius 2 is 2.25 bits per heavy atom. The smallest absolute Gasteiger partial charge is 0.273 e. The van der Waals surface area contributed by atoms with Gasteiger partial charge in [0.1, 0.15) is 6.10 Å². The first kappa shape index (κ1) is 9.83. The SMILES string of the molecule is CCOC1OCC(C(C)(F)F)O1. The predicted molar refractivity (Wildman–Crippen MR) is 36.9 cm³/mol. The Bertz CT molecular complexity index is 146. The molecule has 0 aromatic carbocycles. The van der Waals surface area contributed by atoms with Gasteiger partial charge in [0.2, 0.25) is 0 Å². The molecule has 0 spiro atoms. The minimum absolute atomic E-state index is 0.117. The molecule has 72 valence electrons. The Kier molecular flexibility index (Phi) is 2.98. The molecule has 0 aliphatic carbocycles. The van der Waals surface area contributed by atoms with Gasteiger partial charge in [0.05, 0.1) is 6.61 Å². The van der Waals surface area contributed by atoms with Crippen LogP contribution < -0.4 is 0 Å². The van der Waals surface area contributed by atoms with E-state index in [1.165, 1.54) is 0 Å². The number of hydrogen-bond donors (Lipinski definition) is 0. The topological polar surface area (TPSA) is 27.7 Å². The maximum absolute atomic E-state index is 12.6. The molecular formula is C7H12F2O3. The lowest BCUT2D eigenvalue weighted by molar-refractivity contribution is -0.249. The van der Waals surface area contributed by atoms with Crippen molar-refractivity contribution in [2.24, 2.45) is 0 Å². The minimum atomic E-state index is -2.87. The monoisotopic (exact) mass is 182 g/mol. The summed E-state index contributed by atoms with van der Waals surface area (Å²) in [4.78, 5) is 0. The van der Waals surface area contributed by atoms with Crippen molar-refractivity contribution < 1.29 is 23.0 Å². The summed E-state index contributed by atoms with van der Waals surface area (Å²) in [5.41, 5.74) is 0. The lowest BCUT2D eigenvalue weighted by Gasteiger charge is -2.16. The van der Waals surface area contributed by atoms with E-state index in [1.807, 2.05) is 0 Å². The molecule has 0 radical (unpaired) electrons.